The molecule has 0 aliphatic carbocycles. The number of hydrogen-bond donors (Lipinski definition) is 2. The van der Waals surface area contributed by atoms with Crippen LogP contribution < -0.4 is 0 Å². The molecule has 0 amide bonds. The predicted molar refractivity (Wildman–Crippen MR) is 148 cm³/mol. The van der Waals surface area contributed by atoms with Gasteiger partial charge in [-0.1, -0.05) is 63.3 Å². The Bertz CT molecular complexity index is 583. The molecular weight excluding hydrogens is 443 g/mol. The van der Waals surface area contributed by atoms with Gasteiger partial charge < -0.3 is 9.79 Å². The third-order valence-corrected chi connectivity index (χ3v) is 7.38. The summed E-state index contributed by atoms with van der Waals surface area (Å²) in [6.07, 6.45) is 25.1. The van der Waals surface area contributed by atoms with E-state index in [9.17, 15) is 4.57 Å². The highest BCUT2D eigenvalue weighted by molar-refractivity contribution is 7.46. The second kappa shape index (κ2) is 21.4. The summed E-state index contributed by atoms with van der Waals surface area (Å²) in [5, 5.41) is 0. The third kappa shape index (κ3) is 19.4. The van der Waals surface area contributed by atoms with Crippen LogP contribution >= 0.6 is 7.82 Å². The molecule has 0 aromatic heterocycles. The van der Waals surface area contributed by atoms with Crippen LogP contribution in [-0.4, -0.2) is 16.4 Å². The largest absolute Gasteiger partial charge is 0.469 e. The first-order chi connectivity index (χ1) is 16.3. The summed E-state index contributed by atoms with van der Waals surface area (Å²) in [7, 11) is -4.44. The van der Waals surface area contributed by atoms with Gasteiger partial charge in [0.2, 0.25) is 0 Å². The van der Waals surface area contributed by atoms with Gasteiger partial charge >= 0.3 is 7.82 Å². The highest BCUT2D eigenvalue weighted by Crippen LogP contribution is 2.37. The van der Waals surface area contributed by atoms with Crippen molar-refractivity contribution in [1.29, 1.82) is 0 Å². The van der Waals surface area contributed by atoms with Crippen molar-refractivity contribution in [3.05, 3.63) is 50.6 Å². The van der Waals surface area contributed by atoms with E-state index in [0.717, 1.165) is 44.4 Å². The van der Waals surface area contributed by atoms with E-state index < -0.39 is 7.82 Å². The minimum absolute atomic E-state index is 0.0686. The van der Waals surface area contributed by atoms with Crippen molar-refractivity contribution in [2.24, 2.45) is 23.7 Å². The van der Waals surface area contributed by atoms with Gasteiger partial charge in [-0.25, -0.2) is 4.57 Å². The Kier molecular flexibility index (Phi) is 20.8. The summed E-state index contributed by atoms with van der Waals surface area (Å²) in [4.78, 5) is 18.0. The van der Waals surface area contributed by atoms with Gasteiger partial charge in [0.15, 0.2) is 0 Å². The number of phosphoric ester groups is 1. The molecule has 0 aliphatic heterocycles. The Morgan fingerprint density at radius 2 is 1.03 bits per heavy atom. The molecule has 0 heterocycles. The Labute approximate surface area is 210 Å². The molecule has 4 atom stereocenters. The van der Waals surface area contributed by atoms with Crippen LogP contribution in [-0.2, 0) is 9.09 Å². The van der Waals surface area contributed by atoms with Gasteiger partial charge in [0.1, 0.15) is 0 Å². The molecule has 0 aliphatic rings. The van der Waals surface area contributed by atoms with Crippen molar-refractivity contribution in [2.75, 3.05) is 6.61 Å². The molecule has 0 spiro atoms. The quantitative estimate of drug-likeness (QED) is 0.0751. The van der Waals surface area contributed by atoms with Crippen molar-refractivity contribution >= 4 is 7.82 Å². The van der Waals surface area contributed by atoms with Gasteiger partial charge in [-0.15, -0.1) is 26.3 Å². The normalized spacial score (nSPS) is 15.3. The van der Waals surface area contributed by atoms with E-state index in [-0.39, 0.29) is 12.5 Å². The molecule has 2 N–H and O–H groups in total. The summed E-state index contributed by atoms with van der Waals surface area (Å²) < 4.78 is 15.8. The zero-order valence-electron chi connectivity index (χ0n) is 21.9. The van der Waals surface area contributed by atoms with E-state index in [0.29, 0.717) is 18.3 Å². The molecular formula is C29H53O4P. The third-order valence-electron chi connectivity index (χ3n) is 6.89. The van der Waals surface area contributed by atoms with Gasteiger partial charge in [0.05, 0.1) is 6.61 Å². The fraction of sp³-hybridized carbons (Fsp3) is 0.724. The van der Waals surface area contributed by atoms with Crippen LogP contribution in [0.5, 0.6) is 0 Å². The number of allylic oxidation sites excluding steroid dienone is 4. The molecule has 0 saturated carbocycles. The second-order valence-corrected chi connectivity index (χ2v) is 11.2. The maximum atomic E-state index is 11.1. The fourth-order valence-electron chi connectivity index (χ4n) is 4.83. The average Bonchev–Trinajstić information content (AvgIpc) is 2.79. The number of unbranched alkanes of at least 4 members (excludes halogenated alkanes) is 3. The highest BCUT2D eigenvalue weighted by atomic mass is 31.2. The number of phosphoric acid groups is 1. The molecule has 0 radical (unpaired) electrons. The molecule has 0 aromatic rings. The summed E-state index contributed by atoms with van der Waals surface area (Å²) in [5.74, 6) is 2.02. The number of rotatable bonds is 25. The Morgan fingerprint density at radius 3 is 1.41 bits per heavy atom. The van der Waals surface area contributed by atoms with E-state index in [1.807, 2.05) is 6.08 Å². The first-order valence-corrected chi connectivity index (χ1v) is 15.0. The van der Waals surface area contributed by atoms with E-state index in [4.69, 9.17) is 14.3 Å². The van der Waals surface area contributed by atoms with Crippen LogP contribution in [0.25, 0.3) is 0 Å². The van der Waals surface area contributed by atoms with Gasteiger partial charge in [0, 0.05) is 0 Å². The Morgan fingerprint density at radius 1 is 0.647 bits per heavy atom. The molecule has 0 saturated heterocycles. The van der Waals surface area contributed by atoms with Crippen LogP contribution in [0.3, 0.4) is 0 Å². The topological polar surface area (TPSA) is 66.8 Å². The average molecular weight is 497 g/mol. The van der Waals surface area contributed by atoms with Gasteiger partial charge in [-0.05, 0) is 87.9 Å². The fourth-order valence-corrected chi connectivity index (χ4v) is 5.23. The molecule has 0 fully saturated rings. The zero-order chi connectivity index (χ0) is 25.7. The predicted octanol–water partition coefficient (Wildman–Crippen LogP) is 9.18. The summed E-state index contributed by atoms with van der Waals surface area (Å²) in [5.41, 5.74) is 0. The minimum atomic E-state index is -4.44. The van der Waals surface area contributed by atoms with E-state index >= 15 is 0 Å². The van der Waals surface area contributed by atoms with Crippen LogP contribution in [0.15, 0.2) is 50.6 Å². The lowest BCUT2D eigenvalue weighted by Gasteiger charge is -2.24. The maximum Gasteiger partial charge on any atom is 0.469 e. The lowest BCUT2D eigenvalue weighted by Crippen LogP contribution is -2.12. The molecule has 34 heavy (non-hydrogen) atoms. The summed E-state index contributed by atoms with van der Waals surface area (Å²) >= 11 is 0. The van der Waals surface area contributed by atoms with Crippen LogP contribution in [0.4, 0.5) is 0 Å². The van der Waals surface area contributed by atoms with Crippen LogP contribution in [0.1, 0.15) is 103 Å². The SMILES string of the molecule is C=CCC(CCCCCC)CCC(CC=C)CCC(CC=C)CCC(CC=C)COP(=O)(O)O. The Hall–Kier alpha value is -0.930. The second-order valence-electron chi connectivity index (χ2n) is 9.93. The van der Waals surface area contributed by atoms with Gasteiger partial charge in [-0.2, -0.15) is 0 Å². The smallest absolute Gasteiger partial charge is 0.303 e. The molecule has 5 heteroatoms. The van der Waals surface area contributed by atoms with Crippen molar-refractivity contribution in [3.63, 3.8) is 0 Å². The summed E-state index contributed by atoms with van der Waals surface area (Å²) in [6, 6.07) is 0. The van der Waals surface area contributed by atoms with E-state index in [1.54, 1.807) is 6.08 Å². The molecule has 0 aromatic carbocycles. The van der Waals surface area contributed by atoms with Crippen molar-refractivity contribution in [1.82, 2.24) is 0 Å². The Balaban J connectivity index is 4.72. The first-order valence-electron chi connectivity index (χ1n) is 13.4. The molecule has 0 bridgehead atoms. The van der Waals surface area contributed by atoms with Crippen molar-refractivity contribution < 1.29 is 18.9 Å². The zero-order valence-corrected chi connectivity index (χ0v) is 22.8. The highest BCUT2D eigenvalue weighted by Gasteiger charge is 2.20. The van der Waals surface area contributed by atoms with Crippen molar-refractivity contribution in [3.8, 4) is 0 Å². The van der Waals surface area contributed by atoms with Crippen LogP contribution in [0.2, 0.25) is 0 Å². The van der Waals surface area contributed by atoms with E-state index in [2.05, 4.69) is 45.4 Å². The van der Waals surface area contributed by atoms with Gasteiger partial charge in [-0.3, -0.25) is 4.52 Å². The first kappa shape index (κ1) is 33.1. The lowest BCUT2D eigenvalue weighted by atomic mass is 9.83. The van der Waals surface area contributed by atoms with Crippen molar-refractivity contribution in [2.45, 2.75) is 103 Å². The minimum Gasteiger partial charge on any atom is -0.303 e. The summed E-state index contributed by atoms with van der Waals surface area (Å²) in [6.45, 7) is 18.0. The monoisotopic (exact) mass is 496 g/mol. The molecule has 4 nitrogen and oxygen atoms in total. The maximum absolute atomic E-state index is 11.1. The molecule has 198 valence electrons. The molecule has 0 rings (SSSR count). The lowest BCUT2D eigenvalue weighted by molar-refractivity contribution is 0.160. The van der Waals surface area contributed by atoms with Crippen LogP contribution in [0, 0.1) is 23.7 Å². The standard InChI is InChI=1S/C29H53O4P/c1-6-11-12-13-18-26(14-7-2)19-20-27(15-8-3)21-22-28(16-9-4)23-24-29(17-10-5)25-33-34(30,31)32/h7-10,26-29H,2-6,11-25H2,1H3,(H2,30,31,32). The van der Waals surface area contributed by atoms with Gasteiger partial charge in [0.25, 0.3) is 0 Å². The van der Waals surface area contributed by atoms with E-state index in [1.165, 1.54) is 51.4 Å². The molecule has 4 unspecified atom stereocenters. The number of hydrogen-bond acceptors (Lipinski definition) is 2.